The molecular weight excluding hydrogens is 362 g/mol. The van der Waals surface area contributed by atoms with E-state index in [1.165, 1.54) is 25.2 Å². The van der Waals surface area contributed by atoms with E-state index >= 15 is 0 Å². The number of carbonyl (C=O) groups is 3. The number of ether oxygens (including phenoxy) is 1. The first-order valence-electron chi connectivity index (χ1n) is 6.54. The van der Waals surface area contributed by atoms with E-state index < -0.39 is 41.1 Å². The molecule has 0 unspecified atom stereocenters. The minimum absolute atomic E-state index is 0.178. The van der Waals surface area contributed by atoms with E-state index in [2.05, 4.69) is 10.1 Å². The maximum absolute atomic E-state index is 11.8. The van der Waals surface area contributed by atoms with E-state index in [0.717, 1.165) is 10.6 Å². The zero-order chi connectivity index (χ0) is 18.3. The van der Waals surface area contributed by atoms with Gasteiger partial charge in [-0.25, -0.2) is 13.2 Å². The van der Waals surface area contributed by atoms with Crippen molar-refractivity contribution in [3.05, 3.63) is 29.3 Å². The van der Waals surface area contributed by atoms with Crippen molar-refractivity contribution in [3.63, 3.8) is 0 Å². The van der Waals surface area contributed by atoms with E-state index in [9.17, 15) is 22.8 Å². The van der Waals surface area contributed by atoms with Crippen LogP contribution < -0.4 is 14.9 Å². The highest BCUT2D eigenvalue weighted by Crippen LogP contribution is 2.21. The number of urea groups is 1. The normalized spacial score (nSPS) is 10.6. The van der Waals surface area contributed by atoms with Crippen molar-refractivity contribution in [3.8, 4) is 0 Å². The van der Waals surface area contributed by atoms with Gasteiger partial charge in [-0.3, -0.25) is 19.2 Å². The number of hydrogen-bond donors (Lipinski definition) is 2. The predicted molar refractivity (Wildman–Crippen MR) is 87.2 cm³/mol. The SMILES string of the molecule is CNC(=O)NC(=O)COC(=O)CN(c1cccc(Cl)c1)S(C)(=O)=O. The van der Waals surface area contributed by atoms with Crippen LogP contribution >= 0.6 is 11.6 Å². The second kappa shape index (κ2) is 8.50. The summed E-state index contributed by atoms with van der Waals surface area (Å²) in [7, 11) is -2.47. The van der Waals surface area contributed by atoms with Crippen LogP contribution in [0.5, 0.6) is 0 Å². The minimum atomic E-state index is -3.78. The molecule has 0 aliphatic carbocycles. The Morgan fingerprint density at radius 3 is 2.50 bits per heavy atom. The van der Waals surface area contributed by atoms with Crippen LogP contribution in [0.15, 0.2) is 24.3 Å². The van der Waals surface area contributed by atoms with Crippen molar-refractivity contribution in [1.29, 1.82) is 0 Å². The van der Waals surface area contributed by atoms with E-state index in [-0.39, 0.29) is 5.69 Å². The molecule has 0 radical (unpaired) electrons. The molecule has 3 amide bonds. The van der Waals surface area contributed by atoms with Crippen LogP contribution in [0.25, 0.3) is 0 Å². The number of nitrogens with one attached hydrogen (secondary N) is 2. The van der Waals surface area contributed by atoms with Crippen molar-refractivity contribution in [2.24, 2.45) is 0 Å². The summed E-state index contributed by atoms with van der Waals surface area (Å²) in [5, 5.41) is 4.33. The minimum Gasteiger partial charge on any atom is -0.454 e. The van der Waals surface area contributed by atoms with Gasteiger partial charge in [0.25, 0.3) is 5.91 Å². The van der Waals surface area contributed by atoms with Crippen molar-refractivity contribution in [2.45, 2.75) is 0 Å². The lowest BCUT2D eigenvalue weighted by atomic mass is 10.3. The molecule has 0 aliphatic rings. The van der Waals surface area contributed by atoms with Crippen LogP contribution in [0, 0.1) is 0 Å². The van der Waals surface area contributed by atoms with Gasteiger partial charge in [0.2, 0.25) is 10.0 Å². The summed E-state index contributed by atoms with van der Waals surface area (Å²) in [4.78, 5) is 34.0. The third-order valence-electron chi connectivity index (χ3n) is 2.61. The summed E-state index contributed by atoms with van der Waals surface area (Å²) in [6.07, 6.45) is 0.916. The molecule has 2 N–H and O–H groups in total. The zero-order valence-corrected chi connectivity index (χ0v) is 14.5. The number of carbonyl (C=O) groups excluding carboxylic acids is 3. The van der Waals surface area contributed by atoms with Gasteiger partial charge >= 0.3 is 12.0 Å². The lowest BCUT2D eigenvalue weighted by molar-refractivity contribution is -0.146. The standard InChI is InChI=1S/C13H16ClN3O6S/c1-15-13(20)16-11(18)8-23-12(19)7-17(24(2,21)22)10-5-3-4-9(14)6-10/h3-6H,7-8H2,1-2H3,(H2,15,16,18,20). The quantitative estimate of drug-likeness (QED) is 0.678. The van der Waals surface area contributed by atoms with Gasteiger partial charge in [0.15, 0.2) is 6.61 Å². The van der Waals surface area contributed by atoms with Crippen LogP contribution in [0.4, 0.5) is 10.5 Å². The number of halogens is 1. The summed E-state index contributed by atoms with van der Waals surface area (Å²) >= 11 is 5.81. The van der Waals surface area contributed by atoms with Crippen molar-refractivity contribution >= 4 is 45.2 Å². The Morgan fingerprint density at radius 1 is 1.29 bits per heavy atom. The fourth-order valence-electron chi connectivity index (χ4n) is 1.57. The molecule has 0 bridgehead atoms. The largest absolute Gasteiger partial charge is 0.454 e. The van der Waals surface area contributed by atoms with Gasteiger partial charge in [-0.2, -0.15) is 0 Å². The maximum Gasteiger partial charge on any atom is 0.327 e. The molecule has 0 fully saturated rings. The van der Waals surface area contributed by atoms with Gasteiger partial charge in [-0.05, 0) is 18.2 Å². The Balaban J connectivity index is 2.73. The summed E-state index contributed by atoms with van der Waals surface area (Å²) in [6, 6.07) is 5.14. The van der Waals surface area contributed by atoms with Gasteiger partial charge in [-0.15, -0.1) is 0 Å². The summed E-state index contributed by atoms with van der Waals surface area (Å²) < 4.78 is 29.1. The molecule has 9 nitrogen and oxygen atoms in total. The summed E-state index contributed by atoms with van der Waals surface area (Å²) in [6.45, 7) is -1.37. The number of benzene rings is 1. The summed E-state index contributed by atoms with van der Waals surface area (Å²) in [5.41, 5.74) is 0.178. The molecule has 0 spiro atoms. The number of esters is 1. The molecule has 132 valence electrons. The first-order chi connectivity index (χ1) is 11.1. The lowest BCUT2D eigenvalue weighted by Gasteiger charge is -2.21. The first kappa shape index (κ1) is 19.7. The van der Waals surface area contributed by atoms with E-state index in [1.807, 2.05) is 5.32 Å². The molecule has 0 aliphatic heterocycles. The fourth-order valence-corrected chi connectivity index (χ4v) is 2.59. The zero-order valence-electron chi connectivity index (χ0n) is 12.9. The number of imide groups is 1. The van der Waals surface area contributed by atoms with Gasteiger partial charge in [0.05, 0.1) is 11.9 Å². The molecule has 0 heterocycles. The molecule has 0 saturated carbocycles. The van der Waals surface area contributed by atoms with Gasteiger partial charge < -0.3 is 10.1 Å². The second-order valence-electron chi connectivity index (χ2n) is 4.54. The molecule has 1 aromatic rings. The smallest absolute Gasteiger partial charge is 0.327 e. The Kier molecular flexibility index (Phi) is 6.98. The number of hydrogen-bond acceptors (Lipinski definition) is 6. The molecule has 24 heavy (non-hydrogen) atoms. The predicted octanol–water partition coefficient (Wildman–Crippen LogP) is 0.105. The molecular formula is C13H16ClN3O6S. The average Bonchev–Trinajstić information content (AvgIpc) is 2.49. The Labute approximate surface area is 144 Å². The van der Waals surface area contributed by atoms with Crippen molar-refractivity contribution in [1.82, 2.24) is 10.6 Å². The van der Waals surface area contributed by atoms with E-state index in [1.54, 1.807) is 6.07 Å². The Bertz CT molecular complexity index is 737. The second-order valence-corrected chi connectivity index (χ2v) is 6.88. The molecule has 0 atom stereocenters. The van der Waals surface area contributed by atoms with Gasteiger partial charge in [0, 0.05) is 12.1 Å². The van der Waals surface area contributed by atoms with Crippen LogP contribution in [0.2, 0.25) is 5.02 Å². The Hall–Kier alpha value is -2.33. The molecule has 11 heteroatoms. The number of anilines is 1. The monoisotopic (exact) mass is 377 g/mol. The van der Waals surface area contributed by atoms with Crippen LogP contribution in [-0.2, 0) is 24.3 Å². The average molecular weight is 378 g/mol. The molecule has 0 aromatic heterocycles. The topological polar surface area (TPSA) is 122 Å². The van der Waals surface area contributed by atoms with Gasteiger partial charge in [-0.1, -0.05) is 17.7 Å². The number of sulfonamides is 1. The van der Waals surface area contributed by atoms with Crippen LogP contribution in [0.3, 0.4) is 0 Å². The van der Waals surface area contributed by atoms with Crippen LogP contribution in [0.1, 0.15) is 0 Å². The third kappa shape index (κ3) is 6.42. The van der Waals surface area contributed by atoms with E-state index in [0.29, 0.717) is 5.02 Å². The first-order valence-corrected chi connectivity index (χ1v) is 8.76. The molecule has 0 saturated heterocycles. The molecule has 1 rings (SSSR count). The summed E-state index contributed by atoms with van der Waals surface area (Å²) in [5.74, 6) is -1.82. The fraction of sp³-hybridized carbons (Fsp3) is 0.308. The van der Waals surface area contributed by atoms with Crippen molar-refractivity contribution < 1.29 is 27.5 Å². The lowest BCUT2D eigenvalue weighted by Crippen LogP contribution is -2.41. The number of rotatable bonds is 6. The third-order valence-corrected chi connectivity index (χ3v) is 3.99. The van der Waals surface area contributed by atoms with Crippen molar-refractivity contribution in [2.75, 3.05) is 30.8 Å². The highest BCUT2D eigenvalue weighted by atomic mass is 35.5. The number of nitrogens with zero attached hydrogens (tertiary/aromatic N) is 1. The van der Waals surface area contributed by atoms with Gasteiger partial charge in [0.1, 0.15) is 6.54 Å². The highest BCUT2D eigenvalue weighted by Gasteiger charge is 2.22. The highest BCUT2D eigenvalue weighted by molar-refractivity contribution is 7.92. The number of amides is 3. The van der Waals surface area contributed by atoms with Crippen LogP contribution in [-0.4, -0.2) is 52.8 Å². The Morgan fingerprint density at radius 2 is 1.96 bits per heavy atom. The maximum atomic E-state index is 11.8. The van der Waals surface area contributed by atoms with E-state index in [4.69, 9.17) is 11.6 Å². The molecule has 1 aromatic carbocycles.